The van der Waals surface area contributed by atoms with E-state index < -0.39 is 28.3 Å². The molecule has 0 saturated heterocycles. The number of hydrogen-bond donors (Lipinski definition) is 1. The van der Waals surface area contributed by atoms with Gasteiger partial charge in [0.05, 0.1) is 0 Å². The Hall–Kier alpha value is -1.83. The van der Waals surface area contributed by atoms with Gasteiger partial charge in [-0.1, -0.05) is 6.92 Å². The van der Waals surface area contributed by atoms with Gasteiger partial charge in [0.1, 0.15) is 18.1 Å². The van der Waals surface area contributed by atoms with Crippen molar-refractivity contribution in [3.05, 3.63) is 23.7 Å². The number of hydrogen-bond acceptors (Lipinski definition) is 5. The molecular weight excluding hydrogens is 286 g/mol. The number of rotatable bonds is 7. The molecule has 1 heterocycles. The number of amides is 1. The second-order valence-corrected chi connectivity index (χ2v) is 6.60. The summed E-state index contributed by atoms with van der Waals surface area (Å²) in [5, 5.41) is 8.76. The average Bonchev–Trinajstić information content (AvgIpc) is 2.73. The van der Waals surface area contributed by atoms with E-state index in [0.29, 0.717) is 6.42 Å². The van der Waals surface area contributed by atoms with Crippen LogP contribution in [0.25, 0.3) is 0 Å². The summed E-state index contributed by atoms with van der Waals surface area (Å²) >= 11 is 0. The topological polar surface area (TPSA) is 105 Å². The van der Waals surface area contributed by atoms with E-state index >= 15 is 0 Å². The normalized spacial score (nSPS) is 11.3. The highest BCUT2D eigenvalue weighted by Gasteiger charge is 2.21. The van der Waals surface area contributed by atoms with Crippen molar-refractivity contribution in [2.24, 2.45) is 0 Å². The maximum Gasteiger partial charge on any atom is 0.323 e. The van der Waals surface area contributed by atoms with Crippen LogP contribution in [0.4, 0.5) is 0 Å². The van der Waals surface area contributed by atoms with Gasteiger partial charge in [0.15, 0.2) is 15.6 Å². The smallest absolute Gasteiger partial charge is 0.323 e. The predicted octanol–water partition coefficient (Wildman–Crippen LogP) is 0.761. The quantitative estimate of drug-likeness (QED) is 0.797. The third kappa shape index (κ3) is 5.04. The Kier molecular flexibility index (Phi) is 5.32. The molecule has 1 amide bonds. The highest BCUT2D eigenvalue weighted by molar-refractivity contribution is 7.89. The number of carbonyl (C=O) groups excluding carboxylic acids is 1. The summed E-state index contributed by atoms with van der Waals surface area (Å²) in [7, 11) is -3.25. The number of furan rings is 1. The zero-order chi connectivity index (χ0) is 15.3. The molecule has 1 rings (SSSR count). The molecule has 0 aliphatic rings. The van der Waals surface area contributed by atoms with Crippen molar-refractivity contribution in [1.29, 1.82) is 0 Å². The van der Waals surface area contributed by atoms with E-state index in [1.54, 1.807) is 0 Å². The minimum atomic E-state index is -3.25. The fraction of sp³-hybridized carbons (Fsp3) is 0.500. The first kappa shape index (κ1) is 16.2. The summed E-state index contributed by atoms with van der Waals surface area (Å²) in [5.41, 5.74) is 0. The van der Waals surface area contributed by atoms with Crippen LogP contribution in [0.2, 0.25) is 0 Å². The Labute approximate surface area is 117 Å². The fourth-order valence-electron chi connectivity index (χ4n) is 1.67. The molecule has 8 heteroatoms. The van der Waals surface area contributed by atoms with Crippen LogP contribution in [0.15, 0.2) is 16.5 Å². The van der Waals surface area contributed by atoms with Crippen LogP contribution in [-0.2, 0) is 20.4 Å². The van der Waals surface area contributed by atoms with Gasteiger partial charge in [-0.2, -0.15) is 0 Å². The third-order valence-electron chi connectivity index (χ3n) is 2.38. The van der Waals surface area contributed by atoms with Gasteiger partial charge < -0.3 is 14.4 Å². The van der Waals surface area contributed by atoms with Crippen molar-refractivity contribution in [1.82, 2.24) is 4.90 Å². The molecule has 112 valence electrons. The Morgan fingerprint density at radius 1 is 1.35 bits per heavy atom. The number of carboxylic acids is 1. The van der Waals surface area contributed by atoms with Gasteiger partial charge in [0.2, 0.25) is 0 Å². The molecular formula is C12H17NO6S. The number of aliphatic carboxylic acids is 1. The molecule has 1 N–H and O–H groups in total. The van der Waals surface area contributed by atoms with Gasteiger partial charge in [0.25, 0.3) is 5.91 Å². The van der Waals surface area contributed by atoms with Crippen LogP contribution >= 0.6 is 0 Å². The Bertz CT molecular complexity index is 589. The fourth-order valence-corrected chi connectivity index (χ4v) is 2.34. The maximum atomic E-state index is 12.1. The Balaban J connectivity index is 2.87. The van der Waals surface area contributed by atoms with Gasteiger partial charge in [-0.15, -0.1) is 0 Å². The minimum Gasteiger partial charge on any atom is -0.480 e. The molecule has 0 fully saturated rings. The summed E-state index contributed by atoms with van der Waals surface area (Å²) < 4.78 is 27.4. The van der Waals surface area contributed by atoms with E-state index in [1.807, 2.05) is 6.92 Å². The lowest BCUT2D eigenvalue weighted by Crippen LogP contribution is -2.36. The highest BCUT2D eigenvalue weighted by Crippen LogP contribution is 2.13. The lowest BCUT2D eigenvalue weighted by molar-refractivity contribution is -0.137. The molecule has 20 heavy (non-hydrogen) atoms. The first-order chi connectivity index (χ1) is 9.23. The number of sulfone groups is 1. The van der Waals surface area contributed by atoms with Gasteiger partial charge in [-0.3, -0.25) is 9.59 Å². The van der Waals surface area contributed by atoms with Crippen LogP contribution in [0, 0.1) is 0 Å². The van der Waals surface area contributed by atoms with Crippen LogP contribution in [-0.4, -0.2) is 49.6 Å². The summed E-state index contributed by atoms with van der Waals surface area (Å²) in [5.74, 6) is -1.88. The summed E-state index contributed by atoms with van der Waals surface area (Å²) in [4.78, 5) is 23.9. The highest BCUT2D eigenvalue weighted by atomic mass is 32.2. The van der Waals surface area contributed by atoms with Crippen LogP contribution in [0.3, 0.4) is 0 Å². The van der Waals surface area contributed by atoms with Crippen molar-refractivity contribution < 1.29 is 27.5 Å². The summed E-state index contributed by atoms with van der Waals surface area (Å²) in [6, 6.07) is 2.76. The first-order valence-corrected chi connectivity index (χ1v) is 8.06. The van der Waals surface area contributed by atoms with Gasteiger partial charge in [-0.05, 0) is 18.6 Å². The minimum absolute atomic E-state index is 0.0571. The zero-order valence-corrected chi connectivity index (χ0v) is 12.1. The predicted molar refractivity (Wildman–Crippen MR) is 71.1 cm³/mol. The van der Waals surface area contributed by atoms with E-state index in [-0.39, 0.29) is 23.8 Å². The Morgan fingerprint density at radius 2 is 2.00 bits per heavy atom. The van der Waals surface area contributed by atoms with Crippen molar-refractivity contribution in [3.63, 3.8) is 0 Å². The monoisotopic (exact) mass is 303 g/mol. The molecule has 0 bridgehead atoms. The molecule has 0 aliphatic heterocycles. The van der Waals surface area contributed by atoms with Gasteiger partial charge >= 0.3 is 5.97 Å². The molecule has 0 atom stereocenters. The molecule has 0 saturated carbocycles. The summed E-state index contributed by atoms with van der Waals surface area (Å²) in [6.07, 6.45) is 1.67. The molecule has 0 aliphatic carbocycles. The van der Waals surface area contributed by atoms with Gasteiger partial charge in [-0.25, -0.2) is 8.42 Å². The van der Waals surface area contributed by atoms with Crippen LogP contribution in [0.5, 0.6) is 0 Å². The molecule has 0 unspecified atom stereocenters. The molecule has 0 aromatic carbocycles. The van der Waals surface area contributed by atoms with E-state index in [9.17, 15) is 18.0 Å². The first-order valence-electron chi connectivity index (χ1n) is 6.00. The number of nitrogens with zero attached hydrogens (tertiary/aromatic N) is 1. The van der Waals surface area contributed by atoms with E-state index in [0.717, 1.165) is 11.2 Å². The van der Waals surface area contributed by atoms with E-state index in [2.05, 4.69) is 0 Å². The number of carboxylic acid groups (broad SMARTS) is 1. The zero-order valence-electron chi connectivity index (χ0n) is 11.3. The molecule has 1 aromatic heterocycles. The average molecular weight is 303 g/mol. The third-order valence-corrected chi connectivity index (χ3v) is 3.19. The maximum absolute atomic E-state index is 12.1. The summed E-state index contributed by atoms with van der Waals surface area (Å²) in [6.45, 7) is 1.68. The SMILES string of the molecule is CCCN(CC(=O)O)C(=O)c1ccc(CS(C)(=O)=O)o1. The lowest BCUT2D eigenvalue weighted by atomic mass is 10.3. The second kappa shape index (κ2) is 6.56. The van der Waals surface area contributed by atoms with Gasteiger partial charge in [0, 0.05) is 12.8 Å². The second-order valence-electron chi connectivity index (χ2n) is 4.46. The molecule has 1 aromatic rings. The largest absolute Gasteiger partial charge is 0.480 e. The standard InChI is InChI=1S/C12H17NO6S/c1-3-6-13(7-11(14)15)12(16)10-5-4-9(19-10)8-20(2,17)18/h4-5H,3,6-8H2,1-2H3,(H,14,15). The van der Waals surface area contributed by atoms with E-state index in [1.165, 1.54) is 12.1 Å². The molecule has 0 radical (unpaired) electrons. The van der Waals surface area contributed by atoms with Crippen molar-refractivity contribution in [2.45, 2.75) is 19.1 Å². The van der Waals surface area contributed by atoms with Crippen molar-refractivity contribution in [3.8, 4) is 0 Å². The van der Waals surface area contributed by atoms with Crippen molar-refractivity contribution >= 4 is 21.7 Å². The lowest BCUT2D eigenvalue weighted by Gasteiger charge is -2.18. The van der Waals surface area contributed by atoms with Crippen LogP contribution < -0.4 is 0 Å². The van der Waals surface area contributed by atoms with Crippen LogP contribution in [0.1, 0.15) is 29.7 Å². The molecule has 0 spiro atoms. The molecule has 7 nitrogen and oxygen atoms in total. The van der Waals surface area contributed by atoms with Crippen molar-refractivity contribution in [2.75, 3.05) is 19.3 Å². The van der Waals surface area contributed by atoms with E-state index in [4.69, 9.17) is 9.52 Å². The Morgan fingerprint density at radius 3 is 2.50 bits per heavy atom. The number of carbonyl (C=O) groups is 2.